The van der Waals surface area contributed by atoms with Gasteiger partial charge in [-0.3, -0.25) is 9.36 Å². The van der Waals surface area contributed by atoms with Gasteiger partial charge in [0, 0.05) is 6.42 Å². The Hall–Kier alpha value is -1.28. The molecule has 0 aromatic rings. The molecule has 0 saturated heterocycles. The third kappa shape index (κ3) is 29.4. The molecule has 0 bridgehead atoms. The van der Waals surface area contributed by atoms with E-state index in [1.165, 1.54) is 44.9 Å². The standard InChI is InChI=1S/C35H67N2O6P/c1-6-8-10-12-14-15-16-17-18-19-20-21-23-25-27-29-35(39)36-33(34(38)28-26-24-22-13-11-9-7-2)32-43-44(40,41)42-31-30-37(3,4)5/h11,13,17-18,26,28,33-34,38H,6-10,12,14-16,19-25,27,29-32H2,1-5H3,(H-,36,39,40,41)/b13-11+,18-17-,28-26+. The Morgan fingerprint density at radius 2 is 1.32 bits per heavy atom. The van der Waals surface area contributed by atoms with E-state index in [4.69, 9.17) is 9.05 Å². The Balaban J connectivity index is 4.51. The fourth-order valence-electron chi connectivity index (χ4n) is 4.46. The van der Waals surface area contributed by atoms with Crippen LogP contribution in [0.15, 0.2) is 36.5 Å². The summed E-state index contributed by atoms with van der Waals surface area (Å²) in [7, 11) is 1.23. The second kappa shape index (κ2) is 28.0. The lowest BCUT2D eigenvalue weighted by molar-refractivity contribution is -0.870. The number of allylic oxidation sites excluding steroid dienone is 5. The molecule has 0 rings (SSSR count). The topological polar surface area (TPSA) is 108 Å². The highest BCUT2D eigenvalue weighted by Crippen LogP contribution is 2.38. The van der Waals surface area contributed by atoms with Crippen molar-refractivity contribution < 1.29 is 32.9 Å². The Labute approximate surface area is 270 Å². The smallest absolute Gasteiger partial charge is 0.268 e. The van der Waals surface area contributed by atoms with E-state index in [9.17, 15) is 19.4 Å². The van der Waals surface area contributed by atoms with E-state index < -0.39 is 26.6 Å². The van der Waals surface area contributed by atoms with E-state index in [0.717, 1.165) is 64.2 Å². The summed E-state index contributed by atoms with van der Waals surface area (Å²) in [6.07, 6.45) is 30.7. The van der Waals surface area contributed by atoms with Crippen LogP contribution in [0.5, 0.6) is 0 Å². The van der Waals surface area contributed by atoms with Crippen molar-refractivity contribution in [2.75, 3.05) is 40.9 Å². The third-order valence-corrected chi connectivity index (χ3v) is 8.27. The van der Waals surface area contributed by atoms with E-state index >= 15 is 0 Å². The van der Waals surface area contributed by atoms with Gasteiger partial charge >= 0.3 is 0 Å². The second-order valence-electron chi connectivity index (χ2n) is 12.9. The SMILES string of the molecule is CCC/C=C/CC/C=C/C(O)C(COP(=O)([O-])OCC[N+](C)(C)C)NC(=O)CCCCCCC/C=C\CCCCCCCC. The highest BCUT2D eigenvalue weighted by molar-refractivity contribution is 7.45. The van der Waals surface area contributed by atoms with Crippen molar-refractivity contribution in [1.82, 2.24) is 5.32 Å². The van der Waals surface area contributed by atoms with Gasteiger partial charge < -0.3 is 28.8 Å². The number of aliphatic hydroxyl groups excluding tert-OH is 1. The summed E-state index contributed by atoms with van der Waals surface area (Å²) >= 11 is 0. The molecule has 44 heavy (non-hydrogen) atoms. The second-order valence-corrected chi connectivity index (χ2v) is 14.3. The molecule has 0 fully saturated rings. The van der Waals surface area contributed by atoms with Crippen molar-refractivity contribution in [3.63, 3.8) is 0 Å². The predicted molar refractivity (Wildman–Crippen MR) is 182 cm³/mol. The summed E-state index contributed by atoms with van der Waals surface area (Å²) in [5.74, 6) is -0.224. The highest BCUT2D eigenvalue weighted by Gasteiger charge is 2.23. The van der Waals surface area contributed by atoms with Gasteiger partial charge in [0.05, 0.1) is 39.9 Å². The Morgan fingerprint density at radius 3 is 1.93 bits per heavy atom. The number of aliphatic hydroxyl groups is 1. The van der Waals surface area contributed by atoms with E-state index in [1.54, 1.807) is 6.08 Å². The molecule has 0 heterocycles. The first-order valence-electron chi connectivity index (χ1n) is 17.4. The average Bonchev–Trinajstić information content (AvgIpc) is 2.95. The van der Waals surface area contributed by atoms with Gasteiger partial charge in [0.15, 0.2) is 0 Å². The first-order valence-corrected chi connectivity index (χ1v) is 18.8. The van der Waals surface area contributed by atoms with Gasteiger partial charge in [0.1, 0.15) is 13.2 Å². The molecule has 8 nitrogen and oxygen atoms in total. The number of nitrogens with zero attached hydrogens (tertiary/aromatic N) is 1. The predicted octanol–water partition coefficient (Wildman–Crippen LogP) is 7.77. The maximum atomic E-state index is 12.7. The first kappa shape index (κ1) is 42.7. The Morgan fingerprint density at radius 1 is 0.773 bits per heavy atom. The number of nitrogens with one attached hydrogen (secondary N) is 1. The lowest BCUT2D eigenvalue weighted by Gasteiger charge is -2.29. The van der Waals surface area contributed by atoms with Crippen molar-refractivity contribution in [3.8, 4) is 0 Å². The molecule has 9 heteroatoms. The van der Waals surface area contributed by atoms with Crippen LogP contribution in [0.3, 0.4) is 0 Å². The van der Waals surface area contributed by atoms with E-state index in [0.29, 0.717) is 17.4 Å². The summed E-state index contributed by atoms with van der Waals surface area (Å²) in [5.41, 5.74) is 0. The van der Waals surface area contributed by atoms with E-state index in [2.05, 4.69) is 43.5 Å². The van der Waals surface area contributed by atoms with E-state index in [1.807, 2.05) is 27.2 Å². The summed E-state index contributed by atoms with van der Waals surface area (Å²) in [4.78, 5) is 25.0. The van der Waals surface area contributed by atoms with Gasteiger partial charge in [-0.15, -0.1) is 0 Å². The normalized spacial score (nSPS) is 15.3. The van der Waals surface area contributed by atoms with Crippen LogP contribution >= 0.6 is 7.82 Å². The van der Waals surface area contributed by atoms with Crippen molar-refractivity contribution in [2.24, 2.45) is 0 Å². The summed E-state index contributed by atoms with van der Waals surface area (Å²) < 4.78 is 22.9. The molecular formula is C35H67N2O6P. The van der Waals surface area contributed by atoms with Gasteiger partial charge in [-0.1, -0.05) is 108 Å². The zero-order valence-electron chi connectivity index (χ0n) is 28.9. The minimum absolute atomic E-state index is 0.00914. The van der Waals surface area contributed by atoms with Gasteiger partial charge in [-0.25, -0.2) is 0 Å². The van der Waals surface area contributed by atoms with Crippen LogP contribution in [0.2, 0.25) is 0 Å². The molecule has 0 aliphatic carbocycles. The largest absolute Gasteiger partial charge is 0.756 e. The number of likely N-dealkylation sites (N-methyl/N-ethyl adjacent to an activating group) is 1. The quantitative estimate of drug-likeness (QED) is 0.0359. The van der Waals surface area contributed by atoms with Gasteiger partial charge in [0.25, 0.3) is 7.82 Å². The molecule has 0 radical (unpaired) electrons. The molecule has 258 valence electrons. The number of unbranched alkanes of at least 4 members (excludes halogenated alkanes) is 13. The lowest BCUT2D eigenvalue weighted by atomic mass is 10.1. The number of quaternary nitrogens is 1. The number of carbonyl (C=O) groups is 1. The van der Waals surface area contributed by atoms with Gasteiger partial charge in [-0.2, -0.15) is 0 Å². The average molecular weight is 643 g/mol. The van der Waals surface area contributed by atoms with Crippen LogP contribution in [0.25, 0.3) is 0 Å². The van der Waals surface area contributed by atoms with Crippen molar-refractivity contribution in [1.29, 1.82) is 0 Å². The Bertz CT molecular complexity index is 825. The zero-order valence-corrected chi connectivity index (χ0v) is 29.7. The third-order valence-electron chi connectivity index (χ3n) is 7.30. The van der Waals surface area contributed by atoms with Crippen LogP contribution in [0.4, 0.5) is 0 Å². The van der Waals surface area contributed by atoms with Crippen LogP contribution in [0.1, 0.15) is 129 Å². The molecule has 0 aliphatic heterocycles. The monoisotopic (exact) mass is 642 g/mol. The number of hydrogen-bond donors (Lipinski definition) is 2. The lowest BCUT2D eigenvalue weighted by Crippen LogP contribution is -2.45. The molecule has 1 amide bonds. The van der Waals surface area contributed by atoms with Crippen molar-refractivity contribution >= 4 is 13.7 Å². The van der Waals surface area contributed by atoms with Crippen LogP contribution in [0, 0.1) is 0 Å². The fourth-order valence-corrected chi connectivity index (χ4v) is 5.18. The summed E-state index contributed by atoms with van der Waals surface area (Å²) in [6, 6.07) is -0.901. The Kier molecular flexibility index (Phi) is 27.2. The molecular weight excluding hydrogens is 575 g/mol. The number of carbonyl (C=O) groups excluding carboxylic acids is 1. The van der Waals surface area contributed by atoms with Crippen LogP contribution in [-0.4, -0.2) is 68.5 Å². The summed E-state index contributed by atoms with van der Waals surface area (Å²) in [6.45, 7) is 4.46. The zero-order chi connectivity index (χ0) is 32.9. The van der Waals surface area contributed by atoms with Gasteiger partial charge in [-0.05, 0) is 51.4 Å². The number of rotatable bonds is 30. The van der Waals surface area contributed by atoms with Crippen molar-refractivity contribution in [2.45, 2.75) is 142 Å². The first-order chi connectivity index (χ1) is 21.0. The molecule has 2 N–H and O–H groups in total. The molecule has 0 aromatic heterocycles. The number of amides is 1. The molecule has 0 saturated carbocycles. The number of phosphoric acid groups is 1. The highest BCUT2D eigenvalue weighted by atomic mass is 31.2. The van der Waals surface area contributed by atoms with Crippen LogP contribution in [-0.2, 0) is 18.4 Å². The molecule has 3 atom stereocenters. The van der Waals surface area contributed by atoms with Gasteiger partial charge in [0.2, 0.25) is 5.91 Å². The molecule has 0 aromatic carbocycles. The molecule has 3 unspecified atom stereocenters. The van der Waals surface area contributed by atoms with Crippen molar-refractivity contribution in [3.05, 3.63) is 36.5 Å². The molecule has 0 aliphatic rings. The number of phosphoric ester groups is 1. The maximum absolute atomic E-state index is 12.7. The molecule has 0 spiro atoms. The number of hydrogen-bond acceptors (Lipinski definition) is 6. The minimum atomic E-state index is -4.58. The minimum Gasteiger partial charge on any atom is -0.756 e. The fraction of sp³-hybridized carbons (Fsp3) is 0.800. The van der Waals surface area contributed by atoms with Crippen LogP contribution < -0.4 is 10.2 Å². The summed E-state index contributed by atoms with van der Waals surface area (Å²) in [5, 5.41) is 13.5. The van der Waals surface area contributed by atoms with E-state index in [-0.39, 0.29) is 12.5 Å². The maximum Gasteiger partial charge on any atom is 0.268 e.